The first-order valence-electron chi connectivity index (χ1n) is 6.24. The van der Waals surface area contributed by atoms with Crippen molar-refractivity contribution in [2.75, 3.05) is 21.3 Å². The zero-order valence-corrected chi connectivity index (χ0v) is 12.4. The van der Waals surface area contributed by atoms with Crippen molar-refractivity contribution >= 4 is 11.9 Å². The molecular weight excluding hydrogens is 278 g/mol. The predicted molar refractivity (Wildman–Crippen MR) is 74.7 cm³/mol. The zero-order valence-electron chi connectivity index (χ0n) is 12.4. The van der Waals surface area contributed by atoms with Gasteiger partial charge >= 0.3 is 5.97 Å². The van der Waals surface area contributed by atoms with Crippen molar-refractivity contribution in [1.29, 1.82) is 0 Å². The zero-order chi connectivity index (χ0) is 16.0. The Morgan fingerprint density at radius 1 is 1.10 bits per heavy atom. The van der Waals surface area contributed by atoms with E-state index in [-0.39, 0.29) is 6.54 Å². The number of carbonyl (C=O) groups is 2. The van der Waals surface area contributed by atoms with Gasteiger partial charge in [0, 0.05) is 18.2 Å². The summed E-state index contributed by atoms with van der Waals surface area (Å²) >= 11 is 0. The Balaban J connectivity index is 2.92. The molecule has 1 aromatic rings. The Morgan fingerprint density at radius 2 is 1.62 bits per heavy atom. The number of aliphatic carboxylic acids is 1. The van der Waals surface area contributed by atoms with Crippen LogP contribution in [-0.2, 0) is 16.1 Å². The predicted octanol–water partition coefficient (Wildman–Crippen LogP) is 1.05. The smallest absolute Gasteiger partial charge is 0.315 e. The quantitative estimate of drug-likeness (QED) is 0.731. The summed E-state index contributed by atoms with van der Waals surface area (Å²) in [7, 11) is 4.50. The van der Waals surface area contributed by atoms with Crippen molar-refractivity contribution in [2.45, 2.75) is 13.5 Å². The lowest BCUT2D eigenvalue weighted by Crippen LogP contribution is -2.33. The van der Waals surface area contributed by atoms with E-state index < -0.39 is 17.8 Å². The van der Waals surface area contributed by atoms with E-state index in [2.05, 4.69) is 5.32 Å². The molecular formula is C14H19NO6. The molecule has 2 N–H and O–H groups in total. The monoisotopic (exact) mass is 297 g/mol. The van der Waals surface area contributed by atoms with E-state index in [1.54, 1.807) is 12.1 Å². The molecule has 0 aliphatic heterocycles. The lowest BCUT2D eigenvalue weighted by atomic mass is 10.1. The standard InChI is InChI=1S/C14H19NO6/c1-8(14(17)18)13(16)15-7-9-5-11(20-3)12(21-4)6-10(9)19-2/h5-6,8H,7H2,1-4H3,(H,15,16)(H,17,18). The average molecular weight is 297 g/mol. The van der Waals surface area contributed by atoms with Crippen LogP contribution in [0.4, 0.5) is 0 Å². The summed E-state index contributed by atoms with van der Waals surface area (Å²) in [6, 6.07) is 3.31. The molecule has 0 aliphatic carbocycles. The number of hydrogen-bond donors (Lipinski definition) is 2. The van der Waals surface area contributed by atoms with Crippen LogP contribution in [0.5, 0.6) is 17.2 Å². The number of amides is 1. The van der Waals surface area contributed by atoms with Gasteiger partial charge in [-0.15, -0.1) is 0 Å². The van der Waals surface area contributed by atoms with E-state index in [9.17, 15) is 9.59 Å². The van der Waals surface area contributed by atoms with Gasteiger partial charge < -0.3 is 24.6 Å². The number of benzene rings is 1. The summed E-state index contributed by atoms with van der Waals surface area (Å²) in [5.41, 5.74) is 0.654. The number of methoxy groups -OCH3 is 3. The average Bonchev–Trinajstić information content (AvgIpc) is 2.50. The Kier molecular flexibility index (Phi) is 5.83. The van der Waals surface area contributed by atoms with Crippen molar-refractivity contribution in [2.24, 2.45) is 5.92 Å². The third kappa shape index (κ3) is 4.01. The summed E-state index contributed by atoms with van der Waals surface area (Å²) in [6.07, 6.45) is 0. The van der Waals surface area contributed by atoms with Crippen LogP contribution in [0, 0.1) is 5.92 Å². The van der Waals surface area contributed by atoms with E-state index in [4.69, 9.17) is 19.3 Å². The molecule has 7 heteroatoms. The van der Waals surface area contributed by atoms with E-state index in [0.29, 0.717) is 22.8 Å². The molecule has 1 rings (SSSR count). The molecule has 116 valence electrons. The fourth-order valence-electron chi connectivity index (χ4n) is 1.68. The van der Waals surface area contributed by atoms with Gasteiger partial charge in [0.15, 0.2) is 11.5 Å². The van der Waals surface area contributed by atoms with Gasteiger partial charge in [-0.1, -0.05) is 0 Å². The van der Waals surface area contributed by atoms with Gasteiger partial charge in [-0.2, -0.15) is 0 Å². The molecule has 21 heavy (non-hydrogen) atoms. The lowest BCUT2D eigenvalue weighted by molar-refractivity contribution is -0.146. The van der Waals surface area contributed by atoms with Crippen molar-refractivity contribution in [3.05, 3.63) is 17.7 Å². The van der Waals surface area contributed by atoms with E-state index >= 15 is 0 Å². The number of carboxylic acids is 1. The van der Waals surface area contributed by atoms with Gasteiger partial charge in [0.25, 0.3) is 0 Å². The molecule has 1 amide bonds. The van der Waals surface area contributed by atoms with E-state index in [1.165, 1.54) is 28.3 Å². The largest absolute Gasteiger partial charge is 0.496 e. The number of carbonyl (C=O) groups excluding carboxylic acids is 1. The van der Waals surface area contributed by atoms with Crippen LogP contribution in [0.15, 0.2) is 12.1 Å². The van der Waals surface area contributed by atoms with Crippen molar-refractivity contribution < 1.29 is 28.9 Å². The molecule has 0 heterocycles. The number of carboxylic acid groups (broad SMARTS) is 1. The Morgan fingerprint density at radius 3 is 2.10 bits per heavy atom. The highest BCUT2D eigenvalue weighted by molar-refractivity contribution is 5.96. The highest BCUT2D eigenvalue weighted by atomic mass is 16.5. The molecule has 0 radical (unpaired) electrons. The lowest BCUT2D eigenvalue weighted by Gasteiger charge is -2.15. The van der Waals surface area contributed by atoms with Crippen molar-refractivity contribution in [1.82, 2.24) is 5.32 Å². The molecule has 0 bridgehead atoms. The molecule has 0 spiro atoms. The molecule has 0 aromatic heterocycles. The minimum Gasteiger partial charge on any atom is -0.496 e. The molecule has 0 saturated carbocycles. The van der Waals surface area contributed by atoms with Gasteiger partial charge in [-0.25, -0.2) is 0 Å². The second kappa shape index (κ2) is 7.37. The molecule has 1 atom stereocenters. The van der Waals surface area contributed by atoms with E-state index in [1.807, 2.05) is 0 Å². The van der Waals surface area contributed by atoms with Gasteiger partial charge in [0.05, 0.1) is 21.3 Å². The maximum absolute atomic E-state index is 11.6. The van der Waals surface area contributed by atoms with Crippen LogP contribution in [0.1, 0.15) is 12.5 Å². The number of ether oxygens (including phenoxy) is 3. The van der Waals surface area contributed by atoms with E-state index in [0.717, 1.165) is 0 Å². The number of nitrogens with one attached hydrogen (secondary N) is 1. The molecule has 7 nitrogen and oxygen atoms in total. The van der Waals surface area contributed by atoms with Gasteiger partial charge in [0.2, 0.25) is 5.91 Å². The molecule has 1 unspecified atom stereocenters. The first-order chi connectivity index (χ1) is 9.94. The second-order valence-electron chi connectivity index (χ2n) is 4.30. The number of rotatable bonds is 7. The van der Waals surface area contributed by atoms with Crippen molar-refractivity contribution in [3.8, 4) is 17.2 Å². The number of hydrogen-bond acceptors (Lipinski definition) is 5. The molecule has 1 aromatic carbocycles. The maximum Gasteiger partial charge on any atom is 0.315 e. The van der Waals surface area contributed by atoms with Gasteiger partial charge in [-0.05, 0) is 13.0 Å². The van der Waals surface area contributed by atoms with Crippen LogP contribution >= 0.6 is 0 Å². The normalized spacial score (nSPS) is 11.4. The van der Waals surface area contributed by atoms with Crippen LogP contribution in [0.3, 0.4) is 0 Å². The maximum atomic E-state index is 11.6. The highest BCUT2D eigenvalue weighted by Crippen LogP contribution is 2.34. The summed E-state index contributed by atoms with van der Waals surface area (Å²) < 4.78 is 15.6. The Bertz CT molecular complexity index is 528. The third-order valence-electron chi connectivity index (χ3n) is 3.00. The minimum atomic E-state index is -1.17. The highest BCUT2D eigenvalue weighted by Gasteiger charge is 2.20. The van der Waals surface area contributed by atoms with Crippen LogP contribution in [0.2, 0.25) is 0 Å². The SMILES string of the molecule is COc1cc(OC)c(OC)cc1CNC(=O)C(C)C(=O)O. The molecule has 0 fully saturated rings. The molecule has 0 aliphatic rings. The summed E-state index contributed by atoms with van der Waals surface area (Å²) in [5.74, 6) is -1.35. The van der Waals surface area contributed by atoms with Gasteiger partial charge in [-0.3, -0.25) is 9.59 Å². The van der Waals surface area contributed by atoms with Crippen molar-refractivity contribution in [3.63, 3.8) is 0 Å². The Hall–Kier alpha value is -2.44. The topological polar surface area (TPSA) is 94.1 Å². The van der Waals surface area contributed by atoms with Crippen LogP contribution < -0.4 is 19.5 Å². The minimum absolute atomic E-state index is 0.125. The Labute approximate surface area is 122 Å². The first-order valence-corrected chi connectivity index (χ1v) is 6.24. The summed E-state index contributed by atoms with van der Waals surface area (Å²) in [5, 5.41) is 11.3. The summed E-state index contributed by atoms with van der Waals surface area (Å²) in [4.78, 5) is 22.4. The second-order valence-corrected chi connectivity index (χ2v) is 4.30. The van der Waals surface area contributed by atoms with Crippen LogP contribution in [0.25, 0.3) is 0 Å². The van der Waals surface area contributed by atoms with Gasteiger partial charge in [0.1, 0.15) is 11.7 Å². The fourth-order valence-corrected chi connectivity index (χ4v) is 1.68. The first kappa shape index (κ1) is 16.6. The molecule has 0 saturated heterocycles. The summed E-state index contributed by atoms with van der Waals surface area (Å²) in [6.45, 7) is 1.45. The fraction of sp³-hybridized carbons (Fsp3) is 0.429. The van der Waals surface area contributed by atoms with Crippen LogP contribution in [-0.4, -0.2) is 38.3 Å². The third-order valence-corrected chi connectivity index (χ3v) is 3.00.